The maximum absolute atomic E-state index is 12.6. The molecule has 0 spiro atoms. The molecule has 10 heteroatoms. The number of rotatable bonds is 5. The lowest BCUT2D eigenvalue weighted by Crippen LogP contribution is -2.40. The molecule has 168 valence electrons. The van der Waals surface area contributed by atoms with Crippen molar-refractivity contribution in [3.63, 3.8) is 0 Å². The number of carboxylic acid groups (broad SMARTS) is 1. The number of oxime groups is 1. The van der Waals surface area contributed by atoms with Crippen molar-refractivity contribution in [3.05, 3.63) is 39.9 Å². The zero-order chi connectivity index (χ0) is 22.6. The summed E-state index contributed by atoms with van der Waals surface area (Å²) in [5.41, 5.74) is 2.53. The number of fused-ring (bicyclic) bond motifs is 4. The van der Waals surface area contributed by atoms with Gasteiger partial charge in [0.05, 0.1) is 43.9 Å². The Morgan fingerprint density at radius 2 is 1.78 bits per heavy atom. The molecule has 3 aliphatic rings. The van der Waals surface area contributed by atoms with E-state index < -0.39 is 23.7 Å². The summed E-state index contributed by atoms with van der Waals surface area (Å²) in [5.74, 6) is -0.974. The maximum Gasteiger partial charge on any atom is 0.308 e. The molecular weight excluding hydrogens is 442 g/mol. The summed E-state index contributed by atoms with van der Waals surface area (Å²) < 4.78 is 27.5. The molecule has 0 saturated carbocycles. The average molecular weight is 462 g/mol. The number of aliphatic carboxylic acids is 1. The largest absolute Gasteiger partial charge is 0.493 e. The lowest BCUT2D eigenvalue weighted by molar-refractivity contribution is -0.143. The van der Waals surface area contributed by atoms with Gasteiger partial charge in [-0.25, -0.2) is 0 Å². The van der Waals surface area contributed by atoms with Gasteiger partial charge >= 0.3 is 5.97 Å². The van der Waals surface area contributed by atoms with Gasteiger partial charge in [0.2, 0.25) is 12.5 Å². The number of hydrogen-bond acceptors (Lipinski definition) is 8. The van der Waals surface area contributed by atoms with Crippen LogP contribution in [0.3, 0.4) is 0 Å². The predicted octanol–water partition coefficient (Wildman–Crippen LogP) is 3.29. The van der Waals surface area contributed by atoms with Crippen molar-refractivity contribution in [2.45, 2.75) is 5.92 Å². The second kappa shape index (κ2) is 7.67. The van der Waals surface area contributed by atoms with Crippen LogP contribution in [0.15, 0.2) is 23.4 Å². The van der Waals surface area contributed by atoms with Crippen molar-refractivity contribution < 1.29 is 38.4 Å². The van der Waals surface area contributed by atoms with E-state index in [2.05, 4.69) is 5.16 Å². The normalized spacial score (nSPS) is 22.4. The van der Waals surface area contributed by atoms with Crippen molar-refractivity contribution >= 4 is 23.3 Å². The summed E-state index contributed by atoms with van der Waals surface area (Å²) in [6.45, 7) is 0.237. The highest BCUT2D eigenvalue weighted by atomic mass is 35.5. The van der Waals surface area contributed by atoms with Crippen molar-refractivity contribution in [2.75, 3.05) is 34.7 Å². The van der Waals surface area contributed by atoms with E-state index in [0.29, 0.717) is 39.8 Å². The minimum absolute atomic E-state index is 0.0859. The van der Waals surface area contributed by atoms with E-state index in [4.69, 9.17) is 40.1 Å². The highest BCUT2D eigenvalue weighted by Gasteiger charge is 2.50. The molecular formula is C22H20ClNO8. The van der Waals surface area contributed by atoms with Crippen LogP contribution in [-0.4, -0.2) is 51.5 Å². The van der Waals surface area contributed by atoms with Crippen molar-refractivity contribution in [3.8, 4) is 28.7 Å². The first-order valence-electron chi connectivity index (χ1n) is 9.85. The summed E-state index contributed by atoms with van der Waals surface area (Å²) in [7, 11) is 4.43. The molecule has 0 unspecified atom stereocenters. The van der Waals surface area contributed by atoms with Gasteiger partial charge in [-0.15, -0.1) is 0 Å². The zero-order valence-corrected chi connectivity index (χ0v) is 18.3. The number of nitrogens with zero attached hydrogens (tertiary/aromatic N) is 1. The summed E-state index contributed by atoms with van der Waals surface area (Å²) in [6, 6.07) is 5.29. The smallest absolute Gasteiger partial charge is 0.308 e. The summed E-state index contributed by atoms with van der Waals surface area (Å²) in [5, 5.41) is 14.7. The van der Waals surface area contributed by atoms with Crippen LogP contribution in [0.5, 0.6) is 28.7 Å². The van der Waals surface area contributed by atoms with Gasteiger partial charge in [0.25, 0.3) is 0 Å². The van der Waals surface area contributed by atoms with Crippen LogP contribution in [0.1, 0.15) is 22.6 Å². The molecule has 2 aromatic rings. The number of ether oxygens (including phenoxy) is 5. The lowest BCUT2D eigenvalue weighted by Gasteiger charge is -2.36. The molecule has 1 aliphatic carbocycles. The van der Waals surface area contributed by atoms with Gasteiger partial charge in [0.15, 0.2) is 23.0 Å². The van der Waals surface area contributed by atoms with Gasteiger partial charge in [-0.1, -0.05) is 16.8 Å². The lowest BCUT2D eigenvalue weighted by atomic mass is 9.65. The van der Waals surface area contributed by atoms with E-state index in [1.165, 1.54) is 21.3 Å². The van der Waals surface area contributed by atoms with Crippen LogP contribution >= 0.6 is 11.6 Å². The third-order valence-corrected chi connectivity index (χ3v) is 6.52. The molecule has 0 saturated heterocycles. The molecule has 1 N–H and O–H groups in total. The van der Waals surface area contributed by atoms with Gasteiger partial charge in [-0.2, -0.15) is 0 Å². The molecule has 32 heavy (non-hydrogen) atoms. The molecule has 3 atom stereocenters. The quantitative estimate of drug-likeness (QED) is 0.723. The number of hydrogen-bond donors (Lipinski definition) is 1. The van der Waals surface area contributed by atoms with Crippen molar-refractivity contribution in [2.24, 2.45) is 17.0 Å². The molecule has 2 heterocycles. The molecule has 9 nitrogen and oxygen atoms in total. The second-order valence-electron chi connectivity index (χ2n) is 7.56. The Hall–Kier alpha value is -3.33. The fourth-order valence-electron chi connectivity index (χ4n) is 4.76. The maximum atomic E-state index is 12.6. The highest BCUT2D eigenvalue weighted by Crippen LogP contribution is 2.54. The third-order valence-electron chi connectivity index (χ3n) is 6.13. The van der Waals surface area contributed by atoms with E-state index in [0.717, 1.165) is 5.56 Å². The van der Waals surface area contributed by atoms with Gasteiger partial charge in [0.1, 0.15) is 6.61 Å². The molecule has 0 fully saturated rings. The minimum atomic E-state index is -0.994. The molecule has 0 radical (unpaired) electrons. The molecule has 2 aliphatic heterocycles. The Labute approximate surface area is 188 Å². The van der Waals surface area contributed by atoms with Crippen LogP contribution in [0.25, 0.3) is 0 Å². The Balaban J connectivity index is 1.81. The zero-order valence-electron chi connectivity index (χ0n) is 17.5. The minimum Gasteiger partial charge on any atom is -0.493 e. The van der Waals surface area contributed by atoms with Crippen LogP contribution in [0.4, 0.5) is 0 Å². The first-order chi connectivity index (χ1) is 15.5. The van der Waals surface area contributed by atoms with Crippen LogP contribution in [0.2, 0.25) is 5.02 Å². The Bertz CT molecular complexity index is 1150. The molecule has 5 rings (SSSR count). The van der Waals surface area contributed by atoms with Crippen LogP contribution in [0, 0.1) is 11.8 Å². The molecule has 0 amide bonds. The number of carbonyl (C=O) groups is 1. The third kappa shape index (κ3) is 2.84. The van der Waals surface area contributed by atoms with Gasteiger partial charge in [-0.05, 0) is 29.3 Å². The fraction of sp³-hybridized carbons (Fsp3) is 0.364. The van der Waals surface area contributed by atoms with Gasteiger partial charge in [0, 0.05) is 11.5 Å². The number of carboxylic acids is 1. The Morgan fingerprint density at radius 3 is 2.44 bits per heavy atom. The molecule has 2 aromatic carbocycles. The van der Waals surface area contributed by atoms with Crippen molar-refractivity contribution in [1.82, 2.24) is 0 Å². The summed E-state index contributed by atoms with van der Waals surface area (Å²) >= 11 is 6.78. The Morgan fingerprint density at radius 1 is 1.06 bits per heavy atom. The van der Waals surface area contributed by atoms with E-state index in [1.807, 2.05) is 6.07 Å². The summed E-state index contributed by atoms with van der Waals surface area (Å²) in [4.78, 5) is 17.9. The van der Waals surface area contributed by atoms with E-state index >= 15 is 0 Å². The first-order valence-corrected chi connectivity index (χ1v) is 10.2. The van der Waals surface area contributed by atoms with Crippen LogP contribution in [-0.2, 0) is 9.63 Å². The van der Waals surface area contributed by atoms with Crippen LogP contribution < -0.4 is 23.7 Å². The fourth-order valence-corrected chi connectivity index (χ4v) is 5.10. The predicted molar refractivity (Wildman–Crippen MR) is 113 cm³/mol. The molecule has 0 aromatic heterocycles. The van der Waals surface area contributed by atoms with E-state index in [1.54, 1.807) is 12.1 Å². The molecule has 0 bridgehead atoms. The topological polar surface area (TPSA) is 105 Å². The SMILES string of the molecule is COc1cc([C@@H]2c3cc4c(cc3C3=NOC[C@H]3[C@@H]2C(=O)O)OCO4)c(Cl)c(OC)c1OC. The number of halogens is 1. The second-order valence-corrected chi connectivity index (χ2v) is 7.94. The Kier molecular flexibility index (Phi) is 4.93. The standard InChI is InChI=1S/C22H20ClNO8/c1-27-15-6-11(18(23)21(29-3)20(15)28-2)16-9-4-13-14(31-8-30-13)5-10(9)19-12(7-32-24-19)17(16)22(25)26/h4-6,12,16-17H,7-8H2,1-3H3,(H,25,26)/t12-,16-,17-/m0/s1. The van der Waals surface area contributed by atoms with E-state index in [-0.39, 0.29) is 24.2 Å². The van der Waals surface area contributed by atoms with Crippen molar-refractivity contribution in [1.29, 1.82) is 0 Å². The van der Waals surface area contributed by atoms with Gasteiger partial charge < -0.3 is 33.6 Å². The monoisotopic (exact) mass is 461 g/mol. The van der Waals surface area contributed by atoms with Gasteiger partial charge in [-0.3, -0.25) is 4.79 Å². The number of benzene rings is 2. The summed E-state index contributed by atoms with van der Waals surface area (Å²) in [6.07, 6.45) is 0. The van der Waals surface area contributed by atoms with E-state index in [9.17, 15) is 9.90 Å². The number of methoxy groups -OCH3 is 3. The highest BCUT2D eigenvalue weighted by molar-refractivity contribution is 6.33. The first kappa shape index (κ1) is 20.6. The average Bonchev–Trinajstić information content (AvgIpc) is 3.45.